The largest absolute Gasteiger partial charge is 0.481 e. The molecule has 0 aliphatic carbocycles. The zero-order valence-corrected chi connectivity index (χ0v) is 9.31. The summed E-state index contributed by atoms with van der Waals surface area (Å²) in [7, 11) is 0. The summed E-state index contributed by atoms with van der Waals surface area (Å²) in [5, 5.41) is 23.7. The van der Waals surface area contributed by atoms with E-state index in [1.165, 1.54) is 0 Å². The van der Waals surface area contributed by atoms with Crippen LogP contribution in [0.15, 0.2) is 36.4 Å². The number of hydrogen-bond donors (Lipinski definition) is 3. The molecule has 0 saturated carbocycles. The maximum Gasteiger partial charge on any atom is 0.328 e. The highest BCUT2D eigenvalue weighted by atomic mass is 16.4. The van der Waals surface area contributed by atoms with Crippen LogP contribution in [0, 0.1) is 0 Å². The van der Waals surface area contributed by atoms with Crippen LogP contribution in [0.1, 0.15) is 12.0 Å². The van der Waals surface area contributed by atoms with Gasteiger partial charge in [0.1, 0.15) is 6.42 Å². The van der Waals surface area contributed by atoms with E-state index < -0.39 is 24.3 Å². The van der Waals surface area contributed by atoms with Gasteiger partial charge in [-0.3, -0.25) is 9.59 Å². The Bertz CT molecular complexity index is 423. The summed E-state index contributed by atoms with van der Waals surface area (Å²) in [6.45, 7) is 0. The summed E-state index contributed by atoms with van der Waals surface area (Å²) in [5.41, 5.74) is 0.898. The molecular weight excluding hydrogens is 240 g/mol. The quantitative estimate of drug-likeness (QED) is 0.550. The molecule has 1 rings (SSSR count). The van der Waals surface area contributed by atoms with Crippen LogP contribution in [0.5, 0.6) is 0 Å². The highest BCUT2D eigenvalue weighted by Gasteiger charge is 2.01. The van der Waals surface area contributed by atoms with Gasteiger partial charge >= 0.3 is 17.9 Å². The van der Waals surface area contributed by atoms with Crippen molar-refractivity contribution in [1.29, 1.82) is 0 Å². The number of carboxylic acids is 3. The lowest BCUT2D eigenvalue weighted by atomic mass is 10.2. The Labute approximate surface area is 103 Å². The van der Waals surface area contributed by atoms with Crippen molar-refractivity contribution in [3.8, 4) is 0 Å². The Hall–Kier alpha value is -2.63. The van der Waals surface area contributed by atoms with Gasteiger partial charge in [-0.25, -0.2) is 4.79 Å². The lowest BCUT2D eigenvalue weighted by molar-refractivity contribution is -0.147. The van der Waals surface area contributed by atoms with E-state index in [1.807, 2.05) is 30.3 Å². The van der Waals surface area contributed by atoms with E-state index in [0.29, 0.717) is 0 Å². The minimum absolute atomic E-state index is 0.806. The first-order valence-corrected chi connectivity index (χ1v) is 4.81. The van der Waals surface area contributed by atoms with Gasteiger partial charge in [0.25, 0.3) is 0 Å². The second kappa shape index (κ2) is 8.51. The summed E-state index contributed by atoms with van der Waals surface area (Å²) >= 11 is 0. The summed E-state index contributed by atoms with van der Waals surface area (Å²) in [5.74, 6) is -3.55. The number of carbonyl (C=O) groups is 3. The lowest BCUT2D eigenvalue weighted by Crippen LogP contribution is -2.03. The fraction of sp³-hybridized carbons (Fsp3) is 0.0833. The molecule has 0 aromatic heterocycles. The van der Waals surface area contributed by atoms with Crippen molar-refractivity contribution in [3.05, 3.63) is 42.0 Å². The average molecular weight is 252 g/mol. The number of rotatable bonds is 4. The van der Waals surface area contributed by atoms with Crippen LogP contribution in [0.25, 0.3) is 6.08 Å². The Morgan fingerprint density at radius 3 is 1.78 bits per heavy atom. The SMILES string of the molecule is O=C(O)C=Cc1ccccc1.O=C(O)CC(=O)O. The molecule has 0 aliphatic rings. The van der Waals surface area contributed by atoms with Crippen LogP contribution in [-0.4, -0.2) is 33.2 Å². The molecule has 18 heavy (non-hydrogen) atoms. The maximum atomic E-state index is 10.1. The van der Waals surface area contributed by atoms with E-state index in [9.17, 15) is 14.4 Å². The van der Waals surface area contributed by atoms with Crippen molar-refractivity contribution >= 4 is 24.0 Å². The van der Waals surface area contributed by atoms with Gasteiger partial charge in [0.15, 0.2) is 0 Å². The number of carboxylic acid groups (broad SMARTS) is 3. The van der Waals surface area contributed by atoms with Gasteiger partial charge in [-0.05, 0) is 11.6 Å². The van der Waals surface area contributed by atoms with Crippen LogP contribution in [0.2, 0.25) is 0 Å². The van der Waals surface area contributed by atoms with Gasteiger partial charge in [-0.2, -0.15) is 0 Å². The predicted octanol–water partition coefficient (Wildman–Crippen LogP) is 1.33. The Balaban J connectivity index is 0.000000360. The van der Waals surface area contributed by atoms with Gasteiger partial charge in [0.05, 0.1) is 0 Å². The Kier molecular flexibility index (Phi) is 7.27. The summed E-state index contributed by atoms with van der Waals surface area (Å²) < 4.78 is 0. The molecule has 0 spiro atoms. The number of aliphatic carboxylic acids is 3. The monoisotopic (exact) mass is 252 g/mol. The molecule has 0 amide bonds. The minimum Gasteiger partial charge on any atom is -0.481 e. The molecule has 0 unspecified atom stereocenters. The smallest absolute Gasteiger partial charge is 0.328 e. The number of benzene rings is 1. The van der Waals surface area contributed by atoms with E-state index in [1.54, 1.807) is 6.08 Å². The molecular formula is C12H12O6. The molecule has 0 aliphatic heterocycles. The average Bonchev–Trinajstić information content (AvgIpc) is 2.26. The predicted molar refractivity (Wildman–Crippen MR) is 63.0 cm³/mol. The van der Waals surface area contributed by atoms with Gasteiger partial charge in [0.2, 0.25) is 0 Å². The van der Waals surface area contributed by atoms with E-state index in [0.717, 1.165) is 11.6 Å². The van der Waals surface area contributed by atoms with Crippen LogP contribution >= 0.6 is 0 Å². The third-order valence-electron chi connectivity index (χ3n) is 1.52. The molecule has 0 radical (unpaired) electrons. The molecule has 1 aromatic carbocycles. The first kappa shape index (κ1) is 15.4. The molecule has 0 fully saturated rings. The summed E-state index contributed by atoms with van der Waals surface area (Å²) in [6, 6.07) is 9.31. The molecule has 3 N–H and O–H groups in total. The van der Waals surface area contributed by atoms with Crippen LogP contribution in [0.4, 0.5) is 0 Å². The second-order valence-corrected chi connectivity index (χ2v) is 3.05. The van der Waals surface area contributed by atoms with E-state index in [4.69, 9.17) is 15.3 Å². The lowest BCUT2D eigenvalue weighted by Gasteiger charge is -1.87. The van der Waals surface area contributed by atoms with Crippen molar-refractivity contribution < 1.29 is 29.7 Å². The minimum atomic E-state index is -1.31. The Morgan fingerprint density at radius 1 is 0.944 bits per heavy atom. The first-order chi connectivity index (χ1) is 8.41. The van der Waals surface area contributed by atoms with Gasteiger partial charge < -0.3 is 15.3 Å². The molecule has 0 saturated heterocycles. The molecule has 0 atom stereocenters. The molecule has 6 heteroatoms. The second-order valence-electron chi connectivity index (χ2n) is 3.05. The fourth-order valence-corrected chi connectivity index (χ4v) is 0.861. The third-order valence-corrected chi connectivity index (χ3v) is 1.52. The van der Waals surface area contributed by atoms with Gasteiger partial charge in [-0.15, -0.1) is 0 Å². The topological polar surface area (TPSA) is 112 Å². The van der Waals surface area contributed by atoms with Crippen molar-refractivity contribution in [2.45, 2.75) is 6.42 Å². The molecule has 0 heterocycles. The van der Waals surface area contributed by atoms with Gasteiger partial charge in [0, 0.05) is 6.08 Å². The van der Waals surface area contributed by atoms with Crippen molar-refractivity contribution in [1.82, 2.24) is 0 Å². The standard InChI is InChI=1S/C9H8O2.C3H4O4/c10-9(11)7-6-8-4-2-1-3-5-8;4-2(5)1-3(6)7/h1-7H,(H,10,11);1H2,(H,4,5)(H,6,7). The van der Waals surface area contributed by atoms with Crippen LogP contribution < -0.4 is 0 Å². The van der Waals surface area contributed by atoms with E-state index in [2.05, 4.69) is 0 Å². The van der Waals surface area contributed by atoms with Crippen molar-refractivity contribution in [3.63, 3.8) is 0 Å². The fourth-order valence-electron chi connectivity index (χ4n) is 0.861. The third kappa shape index (κ3) is 9.91. The zero-order valence-electron chi connectivity index (χ0n) is 9.31. The molecule has 1 aromatic rings. The van der Waals surface area contributed by atoms with E-state index >= 15 is 0 Å². The van der Waals surface area contributed by atoms with Crippen molar-refractivity contribution in [2.24, 2.45) is 0 Å². The Morgan fingerprint density at radius 2 is 1.44 bits per heavy atom. The zero-order chi connectivity index (χ0) is 14.0. The molecule has 96 valence electrons. The summed E-state index contributed by atoms with van der Waals surface area (Å²) in [6.07, 6.45) is 1.87. The van der Waals surface area contributed by atoms with E-state index in [-0.39, 0.29) is 0 Å². The van der Waals surface area contributed by atoms with Crippen LogP contribution in [-0.2, 0) is 14.4 Å². The van der Waals surface area contributed by atoms with Crippen molar-refractivity contribution in [2.75, 3.05) is 0 Å². The normalized spacial score (nSPS) is 9.33. The van der Waals surface area contributed by atoms with Gasteiger partial charge in [-0.1, -0.05) is 30.3 Å². The van der Waals surface area contributed by atoms with Crippen LogP contribution in [0.3, 0.4) is 0 Å². The first-order valence-electron chi connectivity index (χ1n) is 4.81. The number of hydrogen-bond acceptors (Lipinski definition) is 3. The molecule has 6 nitrogen and oxygen atoms in total. The highest BCUT2D eigenvalue weighted by molar-refractivity contribution is 5.88. The highest BCUT2D eigenvalue weighted by Crippen LogP contribution is 1.99. The maximum absolute atomic E-state index is 10.1. The molecule has 0 bridgehead atoms. The summed E-state index contributed by atoms with van der Waals surface area (Å²) in [4.78, 5) is 28.9.